The minimum absolute atomic E-state index is 0.100. The van der Waals surface area contributed by atoms with Gasteiger partial charge in [0.05, 0.1) is 0 Å². The van der Waals surface area contributed by atoms with Gasteiger partial charge < -0.3 is 14.2 Å². The van der Waals surface area contributed by atoms with Crippen molar-refractivity contribution in [3.63, 3.8) is 0 Å². The number of hydrogen-bond acceptors (Lipinski definition) is 6. The molecule has 0 radical (unpaired) electrons. The van der Waals surface area contributed by atoms with Gasteiger partial charge in [0.25, 0.3) is 0 Å². The molecule has 0 spiro atoms. The lowest BCUT2D eigenvalue weighted by Gasteiger charge is -2.18. The molecule has 6 nitrogen and oxygen atoms in total. The number of carbonyl (C=O) groups is 3. The summed E-state index contributed by atoms with van der Waals surface area (Å²) >= 11 is 0. The largest absolute Gasteiger partial charge is 0.462 e. The van der Waals surface area contributed by atoms with Gasteiger partial charge >= 0.3 is 17.9 Å². The highest BCUT2D eigenvalue weighted by Crippen LogP contribution is 2.13. The van der Waals surface area contributed by atoms with Crippen molar-refractivity contribution in [3.8, 4) is 0 Å². The third-order valence-electron chi connectivity index (χ3n) is 10.7. The van der Waals surface area contributed by atoms with Crippen LogP contribution in [0.25, 0.3) is 0 Å². The summed E-state index contributed by atoms with van der Waals surface area (Å²) in [6.07, 6.45) is 61.7. The van der Waals surface area contributed by atoms with Crippen molar-refractivity contribution in [2.45, 2.75) is 245 Å². The van der Waals surface area contributed by atoms with Crippen LogP contribution < -0.4 is 0 Å². The average Bonchev–Trinajstić information content (AvgIpc) is 3.26. The number of allylic oxidation sites excluding steroid dienone is 12. The fourth-order valence-electron chi connectivity index (χ4n) is 6.78. The van der Waals surface area contributed by atoms with Crippen LogP contribution >= 0.6 is 0 Å². The molecule has 0 rings (SSSR count). The molecule has 0 aromatic heterocycles. The Labute approximate surface area is 376 Å². The molecule has 0 bridgehead atoms. The first-order valence-electron chi connectivity index (χ1n) is 25.4. The molecule has 0 saturated carbocycles. The second kappa shape index (κ2) is 49.5. The average molecular weight is 851 g/mol. The maximum atomic E-state index is 12.8. The van der Waals surface area contributed by atoms with Crippen LogP contribution in [-0.4, -0.2) is 37.2 Å². The van der Waals surface area contributed by atoms with Crippen LogP contribution in [0.4, 0.5) is 0 Å². The van der Waals surface area contributed by atoms with E-state index in [-0.39, 0.29) is 37.5 Å². The van der Waals surface area contributed by atoms with Crippen molar-refractivity contribution >= 4 is 17.9 Å². The number of rotatable bonds is 45. The summed E-state index contributed by atoms with van der Waals surface area (Å²) in [6.45, 7) is 6.51. The minimum atomic E-state index is -0.803. The Hall–Kier alpha value is -3.15. The third kappa shape index (κ3) is 47.7. The zero-order valence-corrected chi connectivity index (χ0v) is 39.9. The van der Waals surface area contributed by atoms with E-state index in [1.54, 1.807) is 0 Å². The first-order valence-corrected chi connectivity index (χ1v) is 25.4. The van der Waals surface area contributed by atoms with Crippen molar-refractivity contribution in [1.82, 2.24) is 0 Å². The van der Waals surface area contributed by atoms with Crippen molar-refractivity contribution < 1.29 is 28.6 Å². The maximum absolute atomic E-state index is 12.8. The van der Waals surface area contributed by atoms with E-state index in [9.17, 15) is 14.4 Å². The van der Waals surface area contributed by atoms with Gasteiger partial charge in [-0.3, -0.25) is 14.4 Å². The molecule has 0 amide bonds. The molecule has 6 heteroatoms. The van der Waals surface area contributed by atoms with Crippen molar-refractivity contribution in [2.75, 3.05) is 13.2 Å². The van der Waals surface area contributed by atoms with Crippen LogP contribution in [0.3, 0.4) is 0 Å². The summed E-state index contributed by atoms with van der Waals surface area (Å²) in [5.74, 6) is -0.976. The number of hydrogen-bond donors (Lipinski definition) is 0. The lowest BCUT2D eigenvalue weighted by molar-refractivity contribution is -0.167. The Morgan fingerprint density at radius 3 is 1.03 bits per heavy atom. The summed E-state index contributed by atoms with van der Waals surface area (Å²) in [5.41, 5.74) is 0. The Morgan fingerprint density at radius 2 is 0.607 bits per heavy atom. The predicted octanol–water partition coefficient (Wildman–Crippen LogP) is 16.6. The van der Waals surface area contributed by atoms with Gasteiger partial charge in [0.15, 0.2) is 6.10 Å². The first kappa shape index (κ1) is 57.9. The first-order chi connectivity index (χ1) is 30.0. The quantitative estimate of drug-likeness (QED) is 0.0263. The van der Waals surface area contributed by atoms with Crippen LogP contribution in [0.1, 0.15) is 239 Å². The van der Waals surface area contributed by atoms with E-state index in [0.717, 1.165) is 89.9 Å². The summed E-state index contributed by atoms with van der Waals surface area (Å²) in [4.78, 5) is 37.9. The Morgan fingerprint density at radius 1 is 0.328 bits per heavy atom. The molecule has 0 N–H and O–H groups in total. The fourth-order valence-corrected chi connectivity index (χ4v) is 6.78. The predicted molar refractivity (Wildman–Crippen MR) is 261 cm³/mol. The Balaban J connectivity index is 4.49. The van der Waals surface area contributed by atoms with Gasteiger partial charge in [-0.15, -0.1) is 0 Å². The van der Waals surface area contributed by atoms with Crippen LogP contribution in [-0.2, 0) is 28.6 Å². The van der Waals surface area contributed by atoms with E-state index in [4.69, 9.17) is 14.2 Å². The fraction of sp³-hybridized carbons (Fsp3) is 0.727. The van der Waals surface area contributed by atoms with E-state index in [2.05, 4.69) is 93.7 Å². The SMILES string of the molecule is CCCCC/C=C\C/C=C\C/C=C\C/C=C\CCCC(=O)OC[C@@H](COC(=O)CCCCCCC/C=C\CCCCC)OC(=O)CCCCCCC/C=C\CCCCCCC. The van der Waals surface area contributed by atoms with Crippen molar-refractivity contribution in [1.29, 1.82) is 0 Å². The highest BCUT2D eigenvalue weighted by Gasteiger charge is 2.19. The Kier molecular flexibility index (Phi) is 46.9. The molecule has 0 aromatic carbocycles. The molecule has 0 heterocycles. The lowest BCUT2D eigenvalue weighted by Crippen LogP contribution is -2.30. The third-order valence-corrected chi connectivity index (χ3v) is 10.7. The van der Waals surface area contributed by atoms with Crippen LogP contribution in [0.5, 0.6) is 0 Å². The van der Waals surface area contributed by atoms with E-state index >= 15 is 0 Å². The molecule has 1 atom stereocenters. The number of unbranched alkanes of at least 4 members (excludes halogenated alkanes) is 22. The number of ether oxygens (including phenoxy) is 3. The second-order valence-corrected chi connectivity index (χ2v) is 16.7. The molecule has 0 aromatic rings. The van der Waals surface area contributed by atoms with E-state index in [1.165, 1.54) is 103 Å². The summed E-state index contributed by atoms with van der Waals surface area (Å²) in [7, 11) is 0. The van der Waals surface area contributed by atoms with Gasteiger partial charge in [-0.2, -0.15) is 0 Å². The molecule has 0 aliphatic rings. The molecule has 0 fully saturated rings. The van der Waals surface area contributed by atoms with Crippen molar-refractivity contribution in [3.05, 3.63) is 72.9 Å². The van der Waals surface area contributed by atoms with Gasteiger partial charge in [-0.25, -0.2) is 0 Å². The molecule has 0 unspecified atom stereocenters. The summed E-state index contributed by atoms with van der Waals surface area (Å²) in [6, 6.07) is 0. The minimum Gasteiger partial charge on any atom is -0.462 e. The highest BCUT2D eigenvalue weighted by atomic mass is 16.6. The van der Waals surface area contributed by atoms with Gasteiger partial charge in [-0.1, -0.05) is 184 Å². The number of esters is 3. The number of carbonyl (C=O) groups excluding carboxylic acids is 3. The maximum Gasteiger partial charge on any atom is 0.306 e. The van der Waals surface area contributed by atoms with E-state index < -0.39 is 6.10 Å². The molecular weight excluding hydrogens is 757 g/mol. The molecular formula is C55H94O6. The Bertz CT molecular complexity index is 1160. The topological polar surface area (TPSA) is 78.9 Å². The van der Waals surface area contributed by atoms with Crippen LogP contribution in [0.15, 0.2) is 72.9 Å². The highest BCUT2D eigenvalue weighted by molar-refractivity contribution is 5.71. The normalized spacial score (nSPS) is 12.6. The summed E-state index contributed by atoms with van der Waals surface area (Å²) < 4.78 is 16.7. The second-order valence-electron chi connectivity index (χ2n) is 16.7. The van der Waals surface area contributed by atoms with Crippen molar-refractivity contribution in [2.24, 2.45) is 0 Å². The van der Waals surface area contributed by atoms with E-state index in [0.29, 0.717) is 19.3 Å². The van der Waals surface area contributed by atoms with Gasteiger partial charge in [0, 0.05) is 19.3 Å². The molecule has 350 valence electrons. The monoisotopic (exact) mass is 851 g/mol. The standard InChI is InChI=1S/C55H94O6/c1-4-7-10-13-16-19-22-25-27-28-29-31-33-36-39-42-45-48-54(57)60-51-52(50-59-53(56)47-44-41-38-35-32-24-21-18-15-12-9-6-3)61-55(58)49-46-43-40-37-34-30-26-23-20-17-14-11-8-5-2/h16,18-19,21,23,25-27,29,31,36,39,52H,4-15,17,20,22,24,28,30,32-35,37-38,40-51H2,1-3H3/b19-16-,21-18-,26-23-,27-25-,31-29-,39-36-/t52-/m1/s1. The molecule has 0 aliphatic carbocycles. The van der Waals surface area contributed by atoms with Crippen LogP contribution in [0.2, 0.25) is 0 Å². The van der Waals surface area contributed by atoms with Gasteiger partial charge in [-0.05, 0) is 109 Å². The van der Waals surface area contributed by atoms with Gasteiger partial charge in [0.2, 0.25) is 0 Å². The molecule has 61 heavy (non-hydrogen) atoms. The van der Waals surface area contributed by atoms with Crippen LogP contribution in [0, 0.1) is 0 Å². The lowest BCUT2D eigenvalue weighted by atomic mass is 10.1. The van der Waals surface area contributed by atoms with Gasteiger partial charge in [0.1, 0.15) is 13.2 Å². The van der Waals surface area contributed by atoms with E-state index in [1.807, 2.05) is 0 Å². The zero-order chi connectivity index (χ0) is 44.4. The summed E-state index contributed by atoms with van der Waals surface area (Å²) in [5, 5.41) is 0. The zero-order valence-electron chi connectivity index (χ0n) is 39.9. The molecule has 0 saturated heterocycles. The molecule has 0 aliphatic heterocycles. The smallest absolute Gasteiger partial charge is 0.306 e.